The van der Waals surface area contributed by atoms with E-state index in [4.69, 9.17) is 4.74 Å². The second kappa shape index (κ2) is 8.58. The Morgan fingerprint density at radius 1 is 1.24 bits per heavy atom. The van der Waals surface area contributed by atoms with Crippen LogP contribution < -0.4 is 10.1 Å². The van der Waals surface area contributed by atoms with Gasteiger partial charge in [0.15, 0.2) is 5.78 Å². The molecule has 0 aliphatic carbocycles. The summed E-state index contributed by atoms with van der Waals surface area (Å²) in [5, 5.41) is 7.98. The lowest BCUT2D eigenvalue weighted by Gasteiger charge is -2.13. The molecule has 1 atom stereocenters. The normalized spacial score (nSPS) is 14.8. The Kier molecular flexibility index (Phi) is 5.46. The van der Waals surface area contributed by atoms with Crippen molar-refractivity contribution in [2.24, 2.45) is 7.05 Å². The zero-order valence-corrected chi connectivity index (χ0v) is 18.7. The average Bonchev–Trinajstić information content (AvgIpc) is 3.57. The number of rotatable bonds is 7. The summed E-state index contributed by atoms with van der Waals surface area (Å²) in [6.45, 7) is 0.433. The van der Waals surface area contributed by atoms with Gasteiger partial charge in [0.05, 0.1) is 18.4 Å². The maximum Gasteiger partial charge on any atom is 0.254 e. The van der Waals surface area contributed by atoms with Crippen molar-refractivity contribution in [3.63, 3.8) is 0 Å². The molecule has 2 aromatic carbocycles. The van der Waals surface area contributed by atoms with Crippen LogP contribution in [0.25, 0.3) is 10.9 Å². The molecule has 1 aliphatic heterocycles. The number of Topliss-reactive ketones (excluding diaryl/α,β-unsaturated/α-hetero) is 1. The fraction of sp³-hybridized carbons (Fsp3) is 0.269. The predicted molar refractivity (Wildman–Crippen MR) is 126 cm³/mol. The number of ether oxygens (including phenoxy) is 1. The monoisotopic (exact) mass is 442 g/mol. The topological polar surface area (TPSA) is 89.0 Å². The summed E-state index contributed by atoms with van der Waals surface area (Å²) in [6.07, 6.45) is 7.62. The molecule has 0 radical (unpaired) electrons. The first-order chi connectivity index (χ1) is 16.0. The van der Waals surface area contributed by atoms with Crippen LogP contribution in [0, 0.1) is 0 Å². The SMILES string of the molecule is CNC(=O)c1cc(C(=O)CCCc2cnn(C)c2)cc2c1OC[C@@H]2c1cccc2[nH]ccc12. The number of carbonyl (C=O) groups excluding carboxylic acids is 2. The third kappa shape index (κ3) is 3.91. The van der Waals surface area contributed by atoms with E-state index < -0.39 is 0 Å². The number of nitrogens with one attached hydrogen (secondary N) is 2. The molecule has 7 heteroatoms. The van der Waals surface area contributed by atoms with Crippen LogP contribution in [0.5, 0.6) is 5.75 Å². The number of aromatic nitrogens is 3. The van der Waals surface area contributed by atoms with Gasteiger partial charge in [0, 0.05) is 60.9 Å². The molecule has 7 nitrogen and oxygen atoms in total. The van der Waals surface area contributed by atoms with Crippen LogP contribution in [0.2, 0.25) is 0 Å². The lowest BCUT2D eigenvalue weighted by molar-refractivity contribution is 0.0960. The first-order valence-electron chi connectivity index (χ1n) is 11.1. The second-order valence-corrected chi connectivity index (χ2v) is 8.47. The van der Waals surface area contributed by atoms with Gasteiger partial charge in [-0.3, -0.25) is 14.3 Å². The maximum absolute atomic E-state index is 13.1. The number of carbonyl (C=O) groups is 2. The van der Waals surface area contributed by atoms with Crippen LogP contribution in [-0.2, 0) is 13.5 Å². The summed E-state index contributed by atoms with van der Waals surface area (Å²) < 4.78 is 7.79. The van der Waals surface area contributed by atoms with Gasteiger partial charge in [-0.05, 0) is 48.2 Å². The summed E-state index contributed by atoms with van der Waals surface area (Å²) >= 11 is 0. The second-order valence-electron chi connectivity index (χ2n) is 8.47. The van der Waals surface area contributed by atoms with Crippen molar-refractivity contribution in [1.82, 2.24) is 20.1 Å². The van der Waals surface area contributed by atoms with Crippen molar-refractivity contribution in [3.05, 3.63) is 82.8 Å². The van der Waals surface area contributed by atoms with E-state index >= 15 is 0 Å². The molecule has 0 fully saturated rings. The highest BCUT2D eigenvalue weighted by Gasteiger charge is 2.32. The summed E-state index contributed by atoms with van der Waals surface area (Å²) in [5.74, 6) is 0.291. The summed E-state index contributed by atoms with van der Waals surface area (Å²) in [4.78, 5) is 29.0. The van der Waals surface area contributed by atoms with Crippen LogP contribution >= 0.6 is 0 Å². The quantitative estimate of drug-likeness (QED) is 0.424. The van der Waals surface area contributed by atoms with E-state index in [-0.39, 0.29) is 17.6 Å². The van der Waals surface area contributed by atoms with Gasteiger partial charge in [0.2, 0.25) is 0 Å². The van der Waals surface area contributed by atoms with Crippen LogP contribution in [0.1, 0.15) is 56.2 Å². The molecule has 4 aromatic rings. The van der Waals surface area contributed by atoms with Gasteiger partial charge >= 0.3 is 0 Å². The van der Waals surface area contributed by atoms with E-state index in [0.717, 1.165) is 40.4 Å². The minimum absolute atomic E-state index is 0.0253. The van der Waals surface area contributed by atoms with Crippen molar-refractivity contribution < 1.29 is 14.3 Å². The zero-order chi connectivity index (χ0) is 22.9. The van der Waals surface area contributed by atoms with E-state index in [1.807, 2.05) is 43.8 Å². The number of aromatic amines is 1. The van der Waals surface area contributed by atoms with Crippen LogP contribution in [-0.4, -0.2) is 40.1 Å². The Hall–Kier alpha value is -3.87. The number of benzene rings is 2. The molecule has 33 heavy (non-hydrogen) atoms. The number of H-pyrrole nitrogens is 1. The Morgan fingerprint density at radius 2 is 2.12 bits per heavy atom. The maximum atomic E-state index is 13.1. The molecule has 1 amide bonds. The van der Waals surface area contributed by atoms with Crippen molar-refractivity contribution >= 4 is 22.6 Å². The smallest absolute Gasteiger partial charge is 0.254 e. The minimum atomic E-state index is -0.253. The fourth-order valence-electron chi connectivity index (χ4n) is 4.66. The van der Waals surface area contributed by atoms with Crippen molar-refractivity contribution in [2.45, 2.75) is 25.2 Å². The first-order valence-corrected chi connectivity index (χ1v) is 11.1. The number of hydrogen-bond acceptors (Lipinski definition) is 4. The third-order valence-electron chi connectivity index (χ3n) is 6.31. The van der Waals surface area contributed by atoms with Crippen molar-refractivity contribution in [3.8, 4) is 5.75 Å². The molecule has 3 heterocycles. The molecular weight excluding hydrogens is 416 g/mol. The highest BCUT2D eigenvalue weighted by molar-refractivity contribution is 6.03. The van der Waals surface area contributed by atoms with Crippen molar-refractivity contribution in [2.75, 3.05) is 13.7 Å². The molecule has 2 N–H and O–H groups in total. The molecule has 0 saturated carbocycles. The van der Waals surface area contributed by atoms with Gasteiger partial charge in [-0.1, -0.05) is 12.1 Å². The minimum Gasteiger partial charge on any atom is -0.491 e. The number of nitrogens with zero attached hydrogens (tertiary/aromatic N) is 2. The Bertz CT molecular complexity index is 1350. The van der Waals surface area contributed by atoms with E-state index in [1.165, 1.54) is 0 Å². The molecule has 0 spiro atoms. The number of ketones is 1. The van der Waals surface area contributed by atoms with E-state index in [2.05, 4.69) is 27.5 Å². The Labute approximate surface area is 191 Å². The fourth-order valence-corrected chi connectivity index (χ4v) is 4.66. The molecule has 5 rings (SSSR count). The summed E-state index contributed by atoms with van der Waals surface area (Å²) in [7, 11) is 3.47. The van der Waals surface area contributed by atoms with Gasteiger partial charge in [0.1, 0.15) is 5.75 Å². The molecule has 2 aromatic heterocycles. The molecule has 1 aliphatic rings. The van der Waals surface area contributed by atoms with Crippen LogP contribution in [0.3, 0.4) is 0 Å². The Morgan fingerprint density at radius 3 is 2.91 bits per heavy atom. The van der Waals surface area contributed by atoms with Gasteiger partial charge in [-0.15, -0.1) is 0 Å². The summed E-state index contributed by atoms with van der Waals surface area (Å²) in [6, 6.07) is 11.8. The third-order valence-corrected chi connectivity index (χ3v) is 6.31. The lowest BCUT2D eigenvalue weighted by Crippen LogP contribution is -2.19. The molecule has 0 saturated heterocycles. The Balaban J connectivity index is 1.47. The molecule has 0 bridgehead atoms. The highest BCUT2D eigenvalue weighted by atomic mass is 16.5. The van der Waals surface area contributed by atoms with E-state index in [9.17, 15) is 9.59 Å². The van der Waals surface area contributed by atoms with Crippen LogP contribution in [0.15, 0.2) is 55.0 Å². The number of amides is 1. The molecule has 0 unspecified atom stereocenters. The standard InChI is InChI=1S/C26H26N4O3/c1-27-26(32)21-12-17(24(31)8-3-5-16-13-29-30(2)14-16)11-20-22(15-33-25(20)21)18-6-4-7-23-19(18)9-10-28-23/h4,6-7,9-14,22,28H,3,5,8,15H2,1-2H3,(H,27,32)/t22-/m1/s1. The number of aryl methyl sites for hydroxylation is 2. The van der Waals surface area contributed by atoms with Gasteiger partial charge in [-0.2, -0.15) is 5.10 Å². The van der Waals surface area contributed by atoms with Gasteiger partial charge < -0.3 is 15.0 Å². The highest BCUT2D eigenvalue weighted by Crippen LogP contribution is 2.43. The van der Waals surface area contributed by atoms with E-state index in [1.54, 1.807) is 17.8 Å². The zero-order valence-electron chi connectivity index (χ0n) is 18.7. The van der Waals surface area contributed by atoms with Gasteiger partial charge in [-0.25, -0.2) is 0 Å². The molecular formula is C26H26N4O3. The molecule has 168 valence electrons. The number of fused-ring (bicyclic) bond motifs is 2. The summed E-state index contributed by atoms with van der Waals surface area (Å²) in [5.41, 5.74) is 5.13. The average molecular weight is 443 g/mol. The largest absolute Gasteiger partial charge is 0.491 e. The predicted octanol–water partition coefficient (Wildman–Crippen LogP) is 3.99. The van der Waals surface area contributed by atoms with Gasteiger partial charge in [0.25, 0.3) is 5.91 Å². The van der Waals surface area contributed by atoms with E-state index in [0.29, 0.717) is 29.9 Å². The van der Waals surface area contributed by atoms with Crippen LogP contribution in [0.4, 0.5) is 0 Å². The number of hydrogen-bond donors (Lipinski definition) is 2. The lowest BCUT2D eigenvalue weighted by atomic mass is 9.87. The first kappa shape index (κ1) is 21.0. The van der Waals surface area contributed by atoms with Crippen molar-refractivity contribution in [1.29, 1.82) is 0 Å².